The number of carbonyl (C=O) groups excluding carboxylic acids is 1. The Morgan fingerprint density at radius 1 is 1.25 bits per heavy atom. The summed E-state index contributed by atoms with van der Waals surface area (Å²) < 4.78 is 0. The average molecular weight is 167 g/mol. The molecule has 2 heteroatoms. The number of amides is 1. The van der Waals surface area contributed by atoms with Gasteiger partial charge in [-0.25, -0.2) is 0 Å². The number of hydrogen-bond acceptors (Lipinski definition) is 1. The van der Waals surface area contributed by atoms with Gasteiger partial charge < -0.3 is 5.32 Å². The van der Waals surface area contributed by atoms with Crippen molar-refractivity contribution in [3.05, 3.63) is 0 Å². The predicted molar refractivity (Wildman–Crippen MR) is 47.7 cm³/mol. The van der Waals surface area contributed by atoms with Crippen molar-refractivity contribution in [2.24, 2.45) is 11.8 Å². The van der Waals surface area contributed by atoms with E-state index < -0.39 is 0 Å². The van der Waals surface area contributed by atoms with E-state index >= 15 is 0 Å². The molecule has 0 aromatic rings. The molecule has 12 heavy (non-hydrogen) atoms. The zero-order valence-corrected chi connectivity index (χ0v) is 7.68. The highest BCUT2D eigenvalue weighted by Crippen LogP contribution is 2.33. The molecule has 0 radical (unpaired) electrons. The largest absolute Gasteiger partial charge is 0.353 e. The van der Waals surface area contributed by atoms with Gasteiger partial charge >= 0.3 is 0 Å². The summed E-state index contributed by atoms with van der Waals surface area (Å²) in [6.45, 7) is 2.33. The molecule has 1 unspecified atom stereocenters. The van der Waals surface area contributed by atoms with Gasteiger partial charge in [-0.15, -0.1) is 0 Å². The second-order valence-electron chi connectivity index (χ2n) is 4.40. The molecule has 2 nitrogen and oxygen atoms in total. The molecule has 0 aromatic carbocycles. The third kappa shape index (κ3) is 1.47. The molecule has 1 atom stereocenters. The first-order valence-corrected chi connectivity index (χ1v) is 5.05. The second-order valence-corrected chi connectivity index (χ2v) is 4.40. The topological polar surface area (TPSA) is 29.1 Å². The standard InChI is InChI=1S/C10H17NO/c1-7-2-4-8(5-3-7)9-6-10(12)11-9/h7-9H,2-6H2,1H3,(H,11,12). The van der Waals surface area contributed by atoms with E-state index in [1.807, 2.05) is 0 Å². The van der Waals surface area contributed by atoms with Crippen LogP contribution < -0.4 is 5.32 Å². The summed E-state index contributed by atoms with van der Waals surface area (Å²) in [6, 6.07) is 0.532. The van der Waals surface area contributed by atoms with E-state index in [2.05, 4.69) is 12.2 Å². The molecule has 1 aliphatic heterocycles. The van der Waals surface area contributed by atoms with Crippen molar-refractivity contribution in [1.29, 1.82) is 0 Å². The normalized spacial score (nSPS) is 41.8. The Balaban J connectivity index is 1.79. The van der Waals surface area contributed by atoms with Crippen molar-refractivity contribution in [1.82, 2.24) is 5.32 Å². The Bertz CT molecular complexity index is 174. The molecule has 1 saturated carbocycles. The van der Waals surface area contributed by atoms with Crippen molar-refractivity contribution < 1.29 is 4.79 Å². The number of nitrogens with one attached hydrogen (secondary N) is 1. The van der Waals surface area contributed by atoms with Crippen molar-refractivity contribution in [2.75, 3.05) is 0 Å². The lowest BCUT2D eigenvalue weighted by atomic mass is 9.76. The van der Waals surface area contributed by atoms with Crippen LogP contribution in [-0.4, -0.2) is 11.9 Å². The first kappa shape index (κ1) is 8.09. The smallest absolute Gasteiger partial charge is 0.222 e. The lowest BCUT2D eigenvalue weighted by Gasteiger charge is -2.37. The fourth-order valence-corrected chi connectivity index (χ4v) is 2.36. The molecule has 0 bridgehead atoms. The van der Waals surface area contributed by atoms with Crippen LogP contribution in [0, 0.1) is 11.8 Å². The van der Waals surface area contributed by atoms with Gasteiger partial charge in [-0.2, -0.15) is 0 Å². The molecule has 1 saturated heterocycles. The Morgan fingerprint density at radius 2 is 1.83 bits per heavy atom. The van der Waals surface area contributed by atoms with Crippen LogP contribution in [0.15, 0.2) is 0 Å². The van der Waals surface area contributed by atoms with Crippen molar-refractivity contribution >= 4 is 5.91 Å². The maximum absolute atomic E-state index is 10.7. The maximum Gasteiger partial charge on any atom is 0.222 e. The van der Waals surface area contributed by atoms with Crippen LogP contribution in [0.1, 0.15) is 39.0 Å². The van der Waals surface area contributed by atoms with Gasteiger partial charge in [-0.05, 0) is 24.7 Å². The SMILES string of the molecule is CC1CCC(C2CC(=O)N2)CC1. The van der Waals surface area contributed by atoms with E-state index in [4.69, 9.17) is 0 Å². The van der Waals surface area contributed by atoms with Gasteiger partial charge in [0.15, 0.2) is 0 Å². The molecule has 68 valence electrons. The summed E-state index contributed by atoms with van der Waals surface area (Å²) in [7, 11) is 0. The van der Waals surface area contributed by atoms with Crippen molar-refractivity contribution in [2.45, 2.75) is 45.1 Å². The average Bonchev–Trinajstić information content (AvgIpc) is 2.01. The fraction of sp³-hybridized carbons (Fsp3) is 0.900. The molecule has 0 spiro atoms. The van der Waals surface area contributed by atoms with E-state index in [9.17, 15) is 4.79 Å². The van der Waals surface area contributed by atoms with E-state index in [1.54, 1.807) is 0 Å². The molecule has 1 N–H and O–H groups in total. The van der Waals surface area contributed by atoms with Gasteiger partial charge in [0, 0.05) is 12.5 Å². The van der Waals surface area contributed by atoms with Crippen LogP contribution in [0.2, 0.25) is 0 Å². The molecule has 1 aliphatic carbocycles. The van der Waals surface area contributed by atoms with Crippen LogP contribution >= 0.6 is 0 Å². The fourth-order valence-electron chi connectivity index (χ4n) is 2.36. The highest BCUT2D eigenvalue weighted by molar-refractivity contribution is 5.82. The second kappa shape index (κ2) is 3.08. The number of rotatable bonds is 1. The Morgan fingerprint density at radius 3 is 2.33 bits per heavy atom. The summed E-state index contributed by atoms with van der Waals surface area (Å²) in [5.41, 5.74) is 0. The van der Waals surface area contributed by atoms with Crippen LogP contribution in [0.5, 0.6) is 0 Å². The minimum Gasteiger partial charge on any atom is -0.353 e. The van der Waals surface area contributed by atoms with Gasteiger partial charge in [0.05, 0.1) is 0 Å². The quantitative estimate of drug-likeness (QED) is 0.592. The first-order chi connectivity index (χ1) is 5.75. The first-order valence-electron chi connectivity index (χ1n) is 5.05. The minimum absolute atomic E-state index is 0.249. The molecular formula is C10H17NO. The predicted octanol–water partition coefficient (Wildman–Crippen LogP) is 1.70. The van der Waals surface area contributed by atoms with Gasteiger partial charge in [-0.3, -0.25) is 4.79 Å². The van der Waals surface area contributed by atoms with Crippen LogP contribution in [0.25, 0.3) is 0 Å². The summed E-state index contributed by atoms with van der Waals surface area (Å²) in [6.07, 6.45) is 6.16. The highest BCUT2D eigenvalue weighted by Gasteiger charge is 2.34. The lowest BCUT2D eigenvalue weighted by molar-refractivity contribution is -0.129. The third-order valence-corrected chi connectivity index (χ3v) is 3.38. The van der Waals surface area contributed by atoms with Gasteiger partial charge in [0.1, 0.15) is 0 Å². The van der Waals surface area contributed by atoms with Crippen LogP contribution in [0.4, 0.5) is 0 Å². The van der Waals surface area contributed by atoms with E-state index in [-0.39, 0.29) is 5.91 Å². The van der Waals surface area contributed by atoms with Crippen LogP contribution in [-0.2, 0) is 4.79 Å². The Kier molecular flexibility index (Phi) is 2.07. The monoisotopic (exact) mass is 167 g/mol. The maximum atomic E-state index is 10.7. The lowest BCUT2D eigenvalue weighted by Crippen LogP contribution is -2.53. The van der Waals surface area contributed by atoms with E-state index in [0.717, 1.165) is 18.3 Å². The molecule has 2 rings (SSSR count). The van der Waals surface area contributed by atoms with Crippen molar-refractivity contribution in [3.63, 3.8) is 0 Å². The molecular weight excluding hydrogens is 150 g/mol. The third-order valence-electron chi connectivity index (χ3n) is 3.38. The number of hydrogen-bond donors (Lipinski definition) is 1. The zero-order chi connectivity index (χ0) is 8.55. The minimum atomic E-state index is 0.249. The van der Waals surface area contributed by atoms with E-state index in [0.29, 0.717) is 6.04 Å². The Hall–Kier alpha value is -0.530. The van der Waals surface area contributed by atoms with E-state index in [1.165, 1.54) is 25.7 Å². The van der Waals surface area contributed by atoms with Crippen LogP contribution in [0.3, 0.4) is 0 Å². The zero-order valence-electron chi connectivity index (χ0n) is 7.68. The summed E-state index contributed by atoms with van der Waals surface area (Å²) in [4.78, 5) is 10.7. The van der Waals surface area contributed by atoms with Gasteiger partial charge in [0.2, 0.25) is 5.91 Å². The summed E-state index contributed by atoms with van der Waals surface area (Å²) in [5, 5.41) is 2.99. The Labute approximate surface area is 73.7 Å². The highest BCUT2D eigenvalue weighted by atomic mass is 16.2. The molecule has 0 aromatic heterocycles. The molecule has 1 amide bonds. The summed E-state index contributed by atoms with van der Waals surface area (Å²) in [5.74, 6) is 1.95. The van der Waals surface area contributed by atoms with Gasteiger partial charge in [-0.1, -0.05) is 19.8 Å². The molecule has 1 heterocycles. The molecule has 2 fully saturated rings. The van der Waals surface area contributed by atoms with Gasteiger partial charge in [0.25, 0.3) is 0 Å². The summed E-state index contributed by atoms with van der Waals surface area (Å²) >= 11 is 0. The molecule has 2 aliphatic rings. The number of carbonyl (C=O) groups is 1. The number of β-lactam (4-membered cyclic amide) rings is 1. The van der Waals surface area contributed by atoms with Crippen molar-refractivity contribution in [3.8, 4) is 0 Å².